The summed E-state index contributed by atoms with van der Waals surface area (Å²) in [6.45, 7) is 6.43. The molecule has 1 unspecified atom stereocenters. The van der Waals surface area contributed by atoms with E-state index in [0.717, 1.165) is 44.7 Å². The largest absolute Gasteiger partial charge is 0.341 e. The number of aromatic nitrogens is 2. The molecule has 3 aliphatic rings. The number of carbonyl (C=O) groups excluding carboxylic acids is 2. The van der Waals surface area contributed by atoms with E-state index in [1.54, 1.807) is 6.20 Å². The Morgan fingerprint density at radius 2 is 1.93 bits per heavy atom. The number of hydrogen-bond acceptors (Lipinski definition) is 3. The topological polar surface area (TPSA) is 58.4 Å². The van der Waals surface area contributed by atoms with Crippen LogP contribution in [0.5, 0.6) is 0 Å². The zero-order chi connectivity index (χ0) is 19.0. The van der Waals surface area contributed by atoms with E-state index in [1.165, 1.54) is 25.7 Å². The Labute approximate surface area is 161 Å². The predicted octanol–water partition coefficient (Wildman–Crippen LogP) is 2.93. The minimum absolute atomic E-state index is 0.186. The lowest BCUT2D eigenvalue weighted by atomic mass is 9.72. The molecular weight excluding hydrogens is 340 g/mol. The molecule has 1 aromatic rings. The Kier molecular flexibility index (Phi) is 4.99. The fourth-order valence-corrected chi connectivity index (χ4v) is 5.38. The highest BCUT2D eigenvalue weighted by Gasteiger charge is 2.44. The van der Waals surface area contributed by atoms with Crippen LogP contribution in [0.2, 0.25) is 0 Å². The van der Waals surface area contributed by atoms with Gasteiger partial charge in [0.1, 0.15) is 11.9 Å². The van der Waals surface area contributed by atoms with Gasteiger partial charge in [-0.25, -0.2) is 4.98 Å². The second-order valence-corrected chi connectivity index (χ2v) is 8.84. The fraction of sp³-hybridized carbons (Fsp3) is 0.762. The zero-order valence-electron chi connectivity index (χ0n) is 16.7. The first kappa shape index (κ1) is 18.5. The summed E-state index contributed by atoms with van der Waals surface area (Å²) in [7, 11) is 0. The van der Waals surface area contributed by atoms with Gasteiger partial charge in [0.05, 0.1) is 0 Å². The van der Waals surface area contributed by atoms with E-state index < -0.39 is 0 Å². The molecule has 1 aromatic heterocycles. The third kappa shape index (κ3) is 3.50. The number of aryl methyl sites for hydroxylation is 1. The zero-order valence-corrected chi connectivity index (χ0v) is 16.7. The van der Waals surface area contributed by atoms with Gasteiger partial charge in [-0.1, -0.05) is 12.8 Å². The molecule has 0 aromatic carbocycles. The van der Waals surface area contributed by atoms with Gasteiger partial charge < -0.3 is 14.4 Å². The molecule has 3 heterocycles. The number of nitrogens with zero attached hydrogens (tertiary/aromatic N) is 4. The van der Waals surface area contributed by atoms with Gasteiger partial charge in [0.15, 0.2) is 0 Å². The average Bonchev–Trinajstić information content (AvgIpc) is 3.35. The smallest absolute Gasteiger partial charge is 0.245 e. The van der Waals surface area contributed by atoms with Crippen LogP contribution >= 0.6 is 0 Å². The van der Waals surface area contributed by atoms with Crippen molar-refractivity contribution in [2.24, 2.45) is 5.41 Å². The third-order valence-corrected chi connectivity index (χ3v) is 7.23. The van der Waals surface area contributed by atoms with Gasteiger partial charge in [-0.2, -0.15) is 0 Å². The first-order valence-corrected chi connectivity index (χ1v) is 10.6. The molecule has 2 saturated heterocycles. The molecule has 1 saturated carbocycles. The van der Waals surface area contributed by atoms with Crippen LogP contribution in [-0.2, 0) is 9.59 Å². The minimum Gasteiger partial charge on any atom is -0.341 e. The molecule has 4 rings (SSSR count). The summed E-state index contributed by atoms with van der Waals surface area (Å²) in [6.07, 6.45) is 12.2. The summed E-state index contributed by atoms with van der Waals surface area (Å²) in [4.78, 5) is 33.9. The number of amides is 2. The second kappa shape index (κ2) is 7.28. The first-order chi connectivity index (χ1) is 13.0. The van der Waals surface area contributed by atoms with Crippen molar-refractivity contribution in [3.63, 3.8) is 0 Å². The summed E-state index contributed by atoms with van der Waals surface area (Å²) >= 11 is 0. The van der Waals surface area contributed by atoms with Gasteiger partial charge in [-0.05, 0) is 51.4 Å². The molecule has 6 heteroatoms. The molecule has 0 N–H and O–H groups in total. The summed E-state index contributed by atoms with van der Waals surface area (Å²) in [5.41, 5.74) is 0.224. The Morgan fingerprint density at radius 3 is 2.56 bits per heavy atom. The molecule has 6 nitrogen and oxygen atoms in total. The number of piperidine rings is 2. The summed E-state index contributed by atoms with van der Waals surface area (Å²) < 4.78 is 1.95. The molecule has 148 valence electrons. The normalized spacial score (nSPS) is 24.6. The molecule has 2 amide bonds. The van der Waals surface area contributed by atoms with Crippen molar-refractivity contribution in [2.45, 2.75) is 77.3 Å². The van der Waals surface area contributed by atoms with Gasteiger partial charge in [0, 0.05) is 44.5 Å². The van der Waals surface area contributed by atoms with Crippen molar-refractivity contribution >= 4 is 11.8 Å². The van der Waals surface area contributed by atoms with Crippen LogP contribution in [0.4, 0.5) is 0 Å². The van der Waals surface area contributed by atoms with E-state index in [4.69, 9.17) is 0 Å². The van der Waals surface area contributed by atoms with E-state index in [0.29, 0.717) is 18.4 Å². The van der Waals surface area contributed by atoms with Crippen LogP contribution in [0.1, 0.15) is 70.2 Å². The summed E-state index contributed by atoms with van der Waals surface area (Å²) in [5, 5.41) is 0. The molecule has 1 aliphatic carbocycles. The maximum atomic E-state index is 13.0. The number of carbonyl (C=O) groups is 2. The van der Waals surface area contributed by atoms with Crippen LogP contribution in [0.25, 0.3) is 0 Å². The highest BCUT2D eigenvalue weighted by molar-refractivity contribution is 5.80. The van der Waals surface area contributed by atoms with Crippen LogP contribution < -0.4 is 0 Å². The van der Waals surface area contributed by atoms with Gasteiger partial charge in [-0.15, -0.1) is 0 Å². The van der Waals surface area contributed by atoms with E-state index in [-0.39, 0.29) is 17.4 Å². The number of imidazole rings is 1. The quantitative estimate of drug-likeness (QED) is 0.820. The molecule has 27 heavy (non-hydrogen) atoms. The van der Waals surface area contributed by atoms with Crippen molar-refractivity contribution < 1.29 is 9.59 Å². The van der Waals surface area contributed by atoms with Gasteiger partial charge in [0.2, 0.25) is 11.8 Å². The average molecular weight is 373 g/mol. The Bertz CT molecular complexity index is 699. The second-order valence-electron chi connectivity index (χ2n) is 8.84. The lowest BCUT2D eigenvalue weighted by molar-refractivity contribution is -0.145. The molecule has 3 fully saturated rings. The number of hydrogen-bond donors (Lipinski definition) is 0. The predicted molar refractivity (Wildman–Crippen MR) is 103 cm³/mol. The van der Waals surface area contributed by atoms with Crippen molar-refractivity contribution in [2.75, 3.05) is 19.6 Å². The minimum atomic E-state index is -0.204. The van der Waals surface area contributed by atoms with Crippen LogP contribution in [-0.4, -0.2) is 56.8 Å². The van der Waals surface area contributed by atoms with Gasteiger partial charge >= 0.3 is 0 Å². The summed E-state index contributed by atoms with van der Waals surface area (Å²) in [6, 6.07) is 0.267. The monoisotopic (exact) mass is 372 g/mol. The van der Waals surface area contributed by atoms with Crippen LogP contribution in [0, 0.1) is 12.3 Å². The number of likely N-dealkylation sites (tertiary alicyclic amines) is 2. The SMILES string of the molecule is Cc1nccn1C(C)C(=O)N1CCC2(CCC(=O)N(C3CCCC3)C2)CC1. The highest BCUT2D eigenvalue weighted by atomic mass is 16.2. The van der Waals surface area contributed by atoms with Crippen LogP contribution in [0.15, 0.2) is 12.4 Å². The van der Waals surface area contributed by atoms with E-state index >= 15 is 0 Å². The van der Waals surface area contributed by atoms with Crippen molar-refractivity contribution in [3.05, 3.63) is 18.2 Å². The molecule has 1 atom stereocenters. The molecule has 1 spiro atoms. The van der Waals surface area contributed by atoms with Gasteiger partial charge in [-0.3, -0.25) is 9.59 Å². The maximum absolute atomic E-state index is 13.0. The molecule has 0 bridgehead atoms. The standard InChI is InChI=1S/C21H32N4O2/c1-16(24-14-11-22-17(24)2)20(27)23-12-9-21(10-13-23)8-7-19(26)25(15-21)18-5-3-4-6-18/h11,14,16,18H,3-10,12-13,15H2,1-2H3. The lowest BCUT2D eigenvalue weighted by Crippen LogP contribution is -2.55. The Morgan fingerprint density at radius 1 is 1.22 bits per heavy atom. The fourth-order valence-electron chi connectivity index (χ4n) is 5.38. The molecule has 0 radical (unpaired) electrons. The maximum Gasteiger partial charge on any atom is 0.245 e. The van der Waals surface area contributed by atoms with E-state index in [2.05, 4.69) is 9.88 Å². The first-order valence-electron chi connectivity index (χ1n) is 10.6. The van der Waals surface area contributed by atoms with Crippen LogP contribution in [0.3, 0.4) is 0 Å². The summed E-state index contributed by atoms with van der Waals surface area (Å²) in [5.74, 6) is 1.42. The molecule has 2 aliphatic heterocycles. The highest BCUT2D eigenvalue weighted by Crippen LogP contribution is 2.42. The van der Waals surface area contributed by atoms with E-state index in [9.17, 15) is 9.59 Å². The lowest BCUT2D eigenvalue weighted by Gasteiger charge is -2.49. The number of rotatable bonds is 3. The Hall–Kier alpha value is -1.85. The van der Waals surface area contributed by atoms with Gasteiger partial charge in [0.25, 0.3) is 0 Å². The van der Waals surface area contributed by atoms with Crippen molar-refractivity contribution in [1.82, 2.24) is 19.4 Å². The Balaban J connectivity index is 1.38. The van der Waals surface area contributed by atoms with E-state index in [1.807, 2.05) is 29.5 Å². The van der Waals surface area contributed by atoms with Crippen molar-refractivity contribution in [3.8, 4) is 0 Å². The van der Waals surface area contributed by atoms with Crippen molar-refractivity contribution in [1.29, 1.82) is 0 Å². The third-order valence-electron chi connectivity index (χ3n) is 7.23. The molecular formula is C21H32N4O2.